The van der Waals surface area contributed by atoms with Gasteiger partial charge in [-0.3, -0.25) is 5.32 Å². The molecule has 2 heterocycles. The topological polar surface area (TPSA) is 45.3 Å². The number of thiophene rings is 1. The van der Waals surface area contributed by atoms with Gasteiger partial charge >= 0.3 is 6.18 Å². The third-order valence-corrected chi connectivity index (χ3v) is 8.91. The highest BCUT2D eigenvalue weighted by Gasteiger charge is 2.31. The zero-order chi connectivity index (χ0) is 25.5. The van der Waals surface area contributed by atoms with E-state index in [1.165, 1.54) is 11.3 Å². The summed E-state index contributed by atoms with van der Waals surface area (Å²) < 4.78 is 47.0. The van der Waals surface area contributed by atoms with E-state index in [4.69, 9.17) is 4.74 Å². The Kier molecular flexibility index (Phi) is 9.65. The largest absolute Gasteiger partial charge is 0.393 e. The Balaban J connectivity index is 1.53. The molecular formula is C27H34F3N3OS2. The van der Waals surface area contributed by atoms with Crippen molar-refractivity contribution >= 4 is 38.9 Å². The molecule has 1 aromatic carbocycles. The fourth-order valence-electron chi connectivity index (χ4n) is 4.84. The van der Waals surface area contributed by atoms with Gasteiger partial charge in [0.05, 0.1) is 40.4 Å². The molecule has 0 bridgehead atoms. The second-order valence-electron chi connectivity index (χ2n) is 9.15. The number of benzene rings is 1. The number of hydrogen-bond donors (Lipinski definition) is 3. The number of fused-ring (bicyclic) bond motifs is 1. The summed E-state index contributed by atoms with van der Waals surface area (Å²) in [7, 11) is 1.72. The van der Waals surface area contributed by atoms with Gasteiger partial charge in [0, 0.05) is 18.4 Å². The monoisotopic (exact) mass is 537 g/mol. The van der Waals surface area contributed by atoms with Gasteiger partial charge in [0.1, 0.15) is 0 Å². The van der Waals surface area contributed by atoms with E-state index in [1.54, 1.807) is 13.2 Å². The number of anilines is 1. The predicted molar refractivity (Wildman–Crippen MR) is 146 cm³/mol. The van der Waals surface area contributed by atoms with Crippen LogP contribution >= 0.6 is 23.1 Å². The lowest BCUT2D eigenvalue weighted by Crippen LogP contribution is -2.43. The molecule has 3 atom stereocenters. The maximum absolute atomic E-state index is 13.5. The molecule has 0 spiro atoms. The highest BCUT2D eigenvalue weighted by molar-refractivity contribution is 8.00. The van der Waals surface area contributed by atoms with E-state index in [0.717, 1.165) is 48.5 Å². The Bertz CT molecular complexity index is 1100. The van der Waals surface area contributed by atoms with E-state index in [9.17, 15) is 13.2 Å². The molecule has 1 aromatic heterocycles. The van der Waals surface area contributed by atoms with Gasteiger partial charge in [-0.2, -0.15) is 24.9 Å². The minimum absolute atomic E-state index is 0.0378. The van der Waals surface area contributed by atoms with Crippen LogP contribution in [0.15, 0.2) is 30.4 Å². The highest BCUT2D eigenvalue weighted by Crippen LogP contribution is 2.39. The van der Waals surface area contributed by atoms with Crippen molar-refractivity contribution in [3.8, 4) is 11.8 Å². The zero-order valence-electron chi connectivity index (χ0n) is 20.7. The van der Waals surface area contributed by atoms with Gasteiger partial charge in [-0.15, -0.1) is 11.3 Å². The third-order valence-electron chi connectivity index (χ3n) is 6.60. The number of methoxy groups -OCH3 is 1. The average Bonchev–Trinajstić information content (AvgIpc) is 3.20. The van der Waals surface area contributed by atoms with E-state index in [2.05, 4.69) is 46.9 Å². The van der Waals surface area contributed by atoms with Crippen LogP contribution in [0.5, 0.6) is 0 Å². The van der Waals surface area contributed by atoms with Crippen molar-refractivity contribution in [3.63, 3.8) is 0 Å². The number of halogens is 3. The summed E-state index contributed by atoms with van der Waals surface area (Å²) in [6, 6.07) is 5.93. The molecule has 1 fully saturated rings. The first kappa shape index (κ1) is 27.3. The minimum Gasteiger partial charge on any atom is -0.381 e. The second kappa shape index (κ2) is 12.7. The third kappa shape index (κ3) is 7.20. The van der Waals surface area contributed by atoms with Crippen molar-refractivity contribution in [2.75, 3.05) is 37.8 Å². The molecule has 3 N–H and O–H groups in total. The zero-order valence-corrected chi connectivity index (χ0v) is 22.3. The number of ether oxygens (including phenoxy) is 1. The molecule has 1 saturated heterocycles. The van der Waals surface area contributed by atoms with Gasteiger partial charge < -0.3 is 15.4 Å². The molecule has 0 amide bonds. The smallest absolute Gasteiger partial charge is 0.381 e. The van der Waals surface area contributed by atoms with Gasteiger partial charge in [0.15, 0.2) is 0 Å². The lowest BCUT2D eigenvalue weighted by Gasteiger charge is -2.30. The Labute approximate surface area is 219 Å². The van der Waals surface area contributed by atoms with Crippen molar-refractivity contribution < 1.29 is 17.9 Å². The number of alkyl halides is 3. The molecule has 2 aliphatic rings. The maximum atomic E-state index is 13.5. The molecular weight excluding hydrogens is 503 g/mol. The summed E-state index contributed by atoms with van der Waals surface area (Å²) in [5.41, 5.74) is 1.17. The molecule has 1 aliphatic heterocycles. The van der Waals surface area contributed by atoms with Crippen LogP contribution in [0.4, 0.5) is 18.9 Å². The summed E-state index contributed by atoms with van der Waals surface area (Å²) in [4.78, 5) is 0.491. The fourth-order valence-corrected chi connectivity index (χ4v) is 6.97. The maximum Gasteiger partial charge on any atom is 0.393 e. The Morgan fingerprint density at radius 2 is 2.03 bits per heavy atom. The normalized spacial score (nSPS) is 23.0. The van der Waals surface area contributed by atoms with Crippen LogP contribution in [0, 0.1) is 11.8 Å². The van der Waals surface area contributed by atoms with E-state index in [-0.39, 0.29) is 17.7 Å². The van der Waals surface area contributed by atoms with Gasteiger partial charge in [-0.25, -0.2) is 0 Å². The number of rotatable bonds is 8. The lowest BCUT2D eigenvalue weighted by molar-refractivity contribution is -0.126. The van der Waals surface area contributed by atoms with Crippen LogP contribution in [0.1, 0.15) is 36.6 Å². The summed E-state index contributed by atoms with van der Waals surface area (Å²) in [5, 5.41) is 11.4. The average molecular weight is 538 g/mol. The minimum atomic E-state index is -4.30. The summed E-state index contributed by atoms with van der Waals surface area (Å²) in [5.74, 6) is 7.19. The standard InChI is InChI=1S/C27H34F3N3OS2/c1-3-35-19-9-10-22(24(16-19)34-2)32-13-5-8-25-21(17-27(28,29)30)20-6-4-7-23(26(20)36-25)33-18-11-14-31-15-12-18/h4,6-7,9-10,18-19,22,24,31-33H,3,11-17H2,1-2H3. The molecule has 36 heavy (non-hydrogen) atoms. The quantitative estimate of drug-likeness (QED) is 0.303. The Hall–Kier alpha value is -1.70. The first-order valence-electron chi connectivity index (χ1n) is 12.5. The molecule has 9 heteroatoms. The van der Waals surface area contributed by atoms with Crippen molar-refractivity contribution in [1.82, 2.24) is 10.6 Å². The van der Waals surface area contributed by atoms with Gasteiger partial charge in [-0.05, 0) is 55.1 Å². The van der Waals surface area contributed by atoms with Crippen LogP contribution < -0.4 is 16.0 Å². The molecule has 196 valence electrons. The molecule has 4 nitrogen and oxygen atoms in total. The Morgan fingerprint density at radius 3 is 2.75 bits per heavy atom. The Morgan fingerprint density at radius 1 is 1.22 bits per heavy atom. The van der Waals surface area contributed by atoms with Gasteiger partial charge in [0.25, 0.3) is 0 Å². The lowest BCUT2D eigenvalue weighted by atomic mass is 9.99. The van der Waals surface area contributed by atoms with Crippen molar-refractivity contribution in [2.45, 2.75) is 62.2 Å². The summed E-state index contributed by atoms with van der Waals surface area (Å²) in [6.07, 6.45) is 2.02. The summed E-state index contributed by atoms with van der Waals surface area (Å²) in [6.45, 7) is 4.41. The SMILES string of the molecule is CCSC1C=CC(NCC#Cc2sc3c(NC4CCNCC4)cccc3c2CC(F)(F)F)C(OC)C1. The van der Waals surface area contributed by atoms with E-state index < -0.39 is 12.6 Å². The molecule has 1 aliphatic carbocycles. The predicted octanol–water partition coefficient (Wildman–Crippen LogP) is 5.58. The first-order chi connectivity index (χ1) is 17.4. The van der Waals surface area contributed by atoms with Gasteiger partial charge in [0.2, 0.25) is 0 Å². The summed E-state index contributed by atoms with van der Waals surface area (Å²) >= 11 is 3.25. The van der Waals surface area contributed by atoms with Crippen molar-refractivity contribution in [1.29, 1.82) is 0 Å². The van der Waals surface area contributed by atoms with Crippen LogP contribution in [-0.2, 0) is 11.2 Å². The number of hydrogen-bond acceptors (Lipinski definition) is 6. The number of nitrogens with one attached hydrogen (secondary N) is 3. The molecule has 3 unspecified atom stereocenters. The van der Waals surface area contributed by atoms with Crippen molar-refractivity contribution in [3.05, 3.63) is 40.8 Å². The van der Waals surface area contributed by atoms with Crippen LogP contribution in [0.25, 0.3) is 10.1 Å². The highest BCUT2D eigenvalue weighted by atomic mass is 32.2. The molecule has 0 saturated carbocycles. The van der Waals surface area contributed by atoms with Crippen molar-refractivity contribution in [2.24, 2.45) is 0 Å². The fraction of sp³-hybridized carbons (Fsp3) is 0.556. The van der Waals surface area contributed by atoms with E-state index in [1.807, 2.05) is 23.9 Å². The first-order valence-corrected chi connectivity index (χ1v) is 14.4. The van der Waals surface area contributed by atoms with E-state index >= 15 is 0 Å². The number of thioether (sulfide) groups is 1. The molecule has 4 rings (SSSR count). The molecule has 2 aromatic rings. The van der Waals surface area contributed by atoms with Crippen LogP contribution in [0.2, 0.25) is 0 Å². The number of piperidine rings is 1. The van der Waals surface area contributed by atoms with Crippen LogP contribution in [0.3, 0.4) is 0 Å². The van der Waals surface area contributed by atoms with Gasteiger partial charge in [-0.1, -0.05) is 43.0 Å². The second-order valence-corrected chi connectivity index (χ2v) is 11.7. The van der Waals surface area contributed by atoms with E-state index in [0.29, 0.717) is 28.1 Å². The van der Waals surface area contributed by atoms with Crippen LogP contribution in [-0.4, -0.2) is 62.1 Å². The molecule has 0 radical (unpaired) electrons.